The van der Waals surface area contributed by atoms with Crippen molar-refractivity contribution in [3.05, 3.63) is 0 Å². The summed E-state index contributed by atoms with van der Waals surface area (Å²) >= 11 is 15.9. The summed E-state index contributed by atoms with van der Waals surface area (Å²) < 4.78 is 0.196. The Morgan fingerprint density at radius 2 is 2.00 bits per heavy atom. The van der Waals surface area contributed by atoms with Gasteiger partial charge in [-0.1, -0.05) is 34.8 Å². The van der Waals surface area contributed by atoms with E-state index >= 15 is 0 Å². The average molecular weight is 210 g/mol. The van der Waals surface area contributed by atoms with Crippen molar-refractivity contribution >= 4 is 52.8 Å². The maximum Gasteiger partial charge on any atom is 0.414 e. The van der Waals surface area contributed by atoms with Crippen LogP contribution in [0.2, 0.25) is 0 Å². The van der Waals surface area contributed by atoms with Crippen molar-refractivity contribution in [1.82, 2.24) is 4.72 Å². The Kier molecular flexibility index (Phi) is 3.80. The molecule has 0 spiro atoms. The predicted octanol–water partition coefficient (Wildman–Crippen LogP) is 2.23. The Morgan fingerprint density at radius 1 is 1.56 bits per heavy atom. The molecular formula is C2H2Cl3NO2S. The van der Waals surface area contributed by atoms with Crippen molar-refractivity contribution in [2.75, 3.05) is 0 Å². The molecule has 0 heterocycles. The van der Waals surface area contributed by atoms with E-state index in [0.29, 0.717) is 11.9 Å². The minimum atomic E-state index is -1.63. The lowest BCUT2D eigenvalue weighted by molar-refractivity contribution is 0.202. The SMILES string of the molecule is O=C(O)NSC(Cl)(Cl)Cl. The van der Waals surface area contributed by atoms with Crippen LogP contribution in [-0.2, 0) is 0 Å². The van der Waals surface area contributed by atoms with Gasteiger partial charge in [0.1, 0.15) is 0 Å². The van der Waals surface area contributed by atoms with Gasteiger partial charge in [-0.05, 0) is 0 Å². The van der Waals surface area contributed by atoms with Crippen molar-refractivity contribution in [1.29, 1.82) is 0 Å². The molecule has 0 aliphatic carbocycles. The number of rotatable bonds is 1. The topological polar surface area (TPSA) is 49.3 Å². The van der Waals surface area contributed by atoms with Gasteiger partial charge in [-0.3, -0.25) is 4.72 Å². The second kappa shape index (κ2) is 3.61. The lowest BCUT2D eigenvalue weighted by Crippen LogP contribution is -2.16. The minimum absolute atomic E-state index is 0.488. The second-order valence-corrected chi connectivity index (χ2v) is 4.93. The first kappa shape index (κ1) is 9.49. The maximum absolute atomic E-state index is 9.74. The van der Waals surface area contributed by atoms with Crippen LogP contribution in [0.15, 0.2) is 0 Å². The fourth-order valence-electron chi connectivity index (χ4n) is 0.102. The molecule has 7 heteroatoms. The second-order valence-electron chi connectivity index (χ2n) is 0.955. The van der Waals surface area contributed by atoms with Gasteiger partial charge in [0, 0.05) is 11.9 Å². The van der Waals surface area contributed by atoms with Crippen LogP contribution in [0.25, 0.3) is 0 Å². The molecule has 3 nitrogen and oxygen atoms in total. The van der Waals surface area contributed by atoms with E-state index in [0.717, 1.165) is 0 Å². The normalized spacial score (nSPS) is 11.0. The van der Waals surface area contributed by atoms with Gasteiger partial charge in [0.15, 0.2) is 0 Å². The van der Waals surface area contributed by atoms with Crippen LogP contribution < -0.4 is 4.72 Å². The molecule has 0 aliphatic rings. The van der Waals surface area contributed by atoms with Crippen molar-refractivity contribution in [2.45, 2.75) is 3.12 Å². The van der Waals surface area contributed by atoms with Crippen molar-refractivity contribution in [3.8, 4) is 0 Å². The summed E-state index contributed by atoms with van der Waals surface area (Å²) in [4.78, 5) is 9.74. The smallest absolute Gasteiger partial charge is 0.414 e. The zero-order valence-corrected chi connectivity index (χ0v) is 6.98. The average Bonchev–Trinajstić information content (AvgIpc) is 1.59. The van der Waals surface area contributed by atoms with Crippen LogP contribution in [0.1, 0.15) is 0 Å². The van der Waals surface area contributed by atoms with Crippen molar-refractivity contribution < 1.29 is 9.90 Å². The molecule has 0 aromatic heterocycles. The van der Waals surface area contributed by atoms with Gasteiger partial charge in [0.05, 0.1) is 0 Å². The van der Waals surface area contributed by atoms with E-state index in [-0.39, 0.29) is 0 Å². The van der Waals surface area contributed by atoms with Crippen molar-refractivity contribution in [3.63, 3.8) is 0 Å². The molecule has 0 saturated heterocycles. The minimum Gasteiger partial charge on any atom is -0.464 e. The molecule has 0 aromatic rings. The number of amides is 1. The highest BCUT2D eigenvalue weighted by molar-refractivity contribution is 8.03. The van der Waals surface area contributed by atoms with Crippen LogP contribution in [-0.4, -0.2) is 14.3 Å². The Morgan fingerprint density at radius 3 is 2.11 bits per heavy atom. The fraction of sp³-hybridized carbons (Fsp3) is 0.500. The molecular weight excluding hydrogens is 208 g/mol. The van der Waals surface area contributed by atoms with Crippen LogP contribution in [0, 0.1) is 0 Å². The quantitative estimate of drug-likeness (QED) is 0.515. The highest BCUT2D eigenvalue weighted by atomic mass is 35.6. The number of carboxylic acid groups (broad SMARTS) is 1. The highest BCUT2D eigenvalue weighted by Crippen LogP contribution is 2.36. The molecule has 0 aromatic carbocycles. The Bertz CT molecular complexity index is 113. The zero-order chi connectivity index (χ0) is 7.49. The summed E-state index contributed by atoms with van der Waals surface area (Å²) in [5.74, 6) is 0. The molecule has 0 fully saturated rings. The lowest BCUT2D eigenvalue weighted by atomic mass is 11.3. The summed E-state index contributed by atoms with van der Waals surface area (Å²) in [6, 6.07) is 0. The number of hydrogen-bond donors (Lipinski definition) is 2. The van der Waals surface area contributed by atoms with E-state index in [4.69, 9.17) is 39.9 Å². The van der Waals surface area contributed by atoms with Crippen LogP contribution in [0.5, 0.6) is 0 Å². The third-order valence-corrected chi connectivity index (χ3v) is 1.46. The first-order valence-electron chi connectivity index (χ1n) is 1.65. The summed E-state index contributed by atoms with van der Waals surface area (Å²) in [6.07, 6.45) is -1.24. The number of alkyl halides is 3. The fourth-order valence-corrected chi connectivity index (χ4v) is 0.652. The van der Waals surface area contributed by atoms with Crippen LogP contribution >= 0.6 is 46.8 Å². The summed E-state index contributed by atoms with van der Waals surface area (Å²) in [6.45, 7) is 0. The number of halogens is 3. The van der Waals surface area contributed by atoms with E-state index < -0.39 is 9.22 Å². The third kappa shape index (κ3) is 8.49. The monoisotopic (exact) mass is 209 g/mol. The first-order chi connectivity index (χ1) is 3.92. The molecule has 9 heavy (non-hydrogen) atoms. The van der Waals surface area contributed by atoms with Crippen molar-refractivity contribution in [2.24, 2.45) is 0 Å². The molecule has 1 amide bonds. The Labute approximate surface area is 70.8 Å². The molecule has 0 aliphatic heterocycles. The molecule has 0 radical (unpaired) electrons. The Balaban J connectivity index is 3.39. The van der Waals surface area contributed by atoms with Gasteiger partial charge in [0.25, 0.3) is 3.12 Å². The molecule has 2 N–H and O–H groups in total. The molecule has 0 unspecified atom stereocenters. The Hall–Kier alpha value is 0.490. The van der Waals surface area contributed by atoms with Gasteiger partial charge < -0.3 is 5.11 Å². The standard InChI is InChI=1S/C2H2Cl3NO2S/c3-2(4,5)9-6-1(7)8/h6H,(H,7,8). The van der Waals surface area contributed by atoms with E-state index in [1.54, 1.807) is 0 Å². The molecule has 0 atom stereocenters. The molecule has 0 rings (SSSR count). The summed E-state index contributed by atoms with van der Waals surface area (Å²) in [5.41, 5.74) is 0. The van der Waals surface area contributed by atoms with E-state index in [1.165, 1.54) is 0 Å². The van der Waals surface area contributed by atoms with Gasteiger partial charge in [-0.2, -0.15) is 0 Å². The zero-order valence-electron chi connectivity index (χ0n) is 3.90. The van der Waals surface area contributed by atoms with E-state index in [2.05, 4.69) is 0 Å². The van der Waals surface area contributed by atoms with Gasteiger partial charge >= 0.3 is 6.09 Å². The largest absolute Gasteiger partial charge is 0.464 e. The number of hydrogen-bond acceptors (Lipinski definition) is 2. The summed E-state index contributed by atoms with van der Waals surface area (Å²) in [5, 5.41) is 7.97. The molecule has 0 bridgehead atoms. The van der Waals surface area contributed by atoms with Crippen LogP contribution in [0.3, 0.4) is 0 Å². The van der Waals surface area contributed by atoms with Crippen LogP contribution in [0.4, 0.5) is 4.79 Å². The van der Waals surface area contributed by atoms with Gasteiger partial charge in [-0.15, -0.1) is 0 Å². The maximum atomic E-state index is 9.74. The molecule has 0 saturated carbocycles. The predicted molar refractivity (Wildman–Crippen MR) is 39.0 cm³/mol. The third-order valence-electron chi connectivity index (χ3n) is 0.254. The summed E-state index contributed by atoms with van der Waals surface area (Å²) in [7, 11) is 0. The lowest BCUT2D eigenvalue weighted by Gasteiger charge is -2.06. The molecule has 54 valence electrons. The van der Waals surface area contributed by atoms with Gasteiger partial charge in [0.2, 0.25) is 0 Å². The number of carbonyl (C=O) groups is 1. The number of nitrogens with one attached hydrogen (secondary N) is 1. The highest BCUT2D eigenvalue weighted by Gasteiger charge is 2.21. The van der Waals surface area contributed by atoms with E-state index in [1.807, 2.05) is 4.72 Å². The van der Waals surface area contributed by atoms with Gasteiger partial charge in [-0.25, -0.2) is 4.79 Å². The van der Waals surface area contributed by atoms with E-state index in [9.17, 15) is 4.79 Å². The first-order valence-corrected chi connectivity index (χ1v) is 3.60.